The number of carboxylic acids is 1. The summed E-state index contributed by atoms with van der Waals surface area (Å²) < 4.78 is 1.20. The monoisotopic (exact) mass is 322 g/mol. The molecule has 9 heteroatoms. The molecule has 1 aliphatic heterocycles. The van der Waals surface area contributed by atoms with Gasteiger partial charge in [0.15, 0.2) is 0 Å². The Labute approximate surface area is 132 Å². The quantitative estimate of drug-likeness (QED) is 0.659. The minimum Gasteiger partial charge on any atom is -0.480 e. The average Bonchev–Trinajstić information content (AvgIpc) is 3.07. The molecule has 23 heavy (non-hydrogen) atoms. The Bertz CT molecular complexity index is 670. The summed E-state index contributed by atoms with van der Waals surface area (Å²) >= 11 is 0. The third kappa shape index (κ3) is 2.55. The van der Waals surface area contributed by atoms with Crippen LogP contribution in [0, 0.1) is 16.0 Å². The lowest BCUT2D eigenvalue weighted by molar-refractivity contribution is -0.385. The molecule has 1 aromatic heterocycles. The second-order valence-corrected chi connectivity index (χ2v) is 6.21. The number of likely N-dealkylation sites (tertiary alicyclic amines) is 1. The van der Waals surface area contributed by atoms with Gasteiger partial charge >= 0.3 is 11.7 Å². The van der Waals surface area contributed by atoms with Crippen molar-refractivity contribution in [3.05, 3.63) is 22.0 Å². The van der Waals surface area contributed by atoms with Crippen LogP contribution >= 0.6 is 0 Å². The molecule has 0 spiro atoms. The summed E-state index contributed by atoms with van der Waals surface area (Å²) in [5, 5.41) is 24.5. The molecule has 1 aromatic rings. The first-order valence-corrected chi connectivity index (χ1v) is 7.63. The van der Waals surface area contributed by atoms with E-state index in [0.29, 0.717) is 6.42 Å². The highest BCUT2D eigenvalue weighted by Crippen LogP contribution is 2.41. The number of carboxylic acid groups (broad SMARTS) is 1. The molecule has 1 saturated heterocycles. The smallest absolute Gasteiger partial charge is 0.326 e. The minimum atomic E-state index is -1.06. The second kappa shape index (κ2) is 5.64. The van der Waals surface area contributed by atoms with Gasteiger partial charge in [0.1, 0.15) is 12.2 Å². The van der Waals surface area contributed by atoms with E-state index in [2.05, 4.69) is 5.10 Å². The van der Waals surface area contributed by atoms with Gasteiger partial charge in [0.2, 0.25) is 5.69 Å². The third-order valence-corrected chi connectivity index (χ3v) is 4.82. The zero-order chi connectivity index (χ0) is 16.7. The number of aliphatic carboxylic acids is 1. The van der Waals surface area contributed by atoms with Crippen LogP contribution in [0.3, 0.4) is 0 Å². The second-order valence-electron chi connectivity index (χ2n) is 6.21. The maximum atomic E-state index is 12.8. The Morgan fingerprint density at radius 2 is 2.09 bits per heavy atom. The molecule has 2 heterocycles. The number of carbonyl (C=O) groups excluding carboxylic acids is 1. The predicted octanol–water partition coefficient (Wildman–Crippen LogP) is 1.19. The summed E-state index contributed by atoms with van der Waals surface area (Å²) in [6.07, 6.45) is 5.16. The van der Waals surface area contributed by atoms with Gasteiger partial charge in [0, 0.05) is 13.1 Å². The maximum Gasteiger partial charge on any atom is 0.326 e. The fraction of sp³-hybridized carbons (Fsp3) is 0.643. The summed E-state index contributed by atoms with van der Waals surface area (Å²) in [4.78, 5) is 36.2. The van der Waals surface area contributed by atoms with Gasteiger partial charge in [0.25, 0.3) is 5.91 Å². The molecule has 1 N–H and O–H groups in total. The molecule has 0 aromatic carbocycles. The van der Waals surface area contributed by atoms with Gasteiger partial charge in [-0.05, 0) is 25.2 Å². The molecule has 0 bridgehead atoms. The Morgan fingerprint density at radius 1 is 1.39 bits per heavy atom. The fourth-order valence-corrected chi connectivity index (χ4v) is 3.86. The first kappa shape index (κ1) is 15.4. The lowest BCUT2D eigenvalue weighted by Gasteiger charge is -2.32. The minimum absolute atomic E-state index is 0.150. The number of hydrogen-bond acceptors (Lipinski definition) is 5. The zero-order valence-corrected chi connectivity index (χ0v) is 12.7. The van der Waals surface area contributed by atoms with Crippen molar-refractivity contribution >= 4 is 17.6 Å². The average molecular weight is 322 g/mol. The van der Waals surface area contributed by atoms with Gasteiger partial charge in [-0.3, -0.25) is 19.6 Å². The van der Waals surface area contributed by atoms with E-state index in [1.807, 2.05) is 0 Å². The van der Waals surface area contributed by atoms with E-state index in [-0.39, 0.29) is 23.3 Å². The van der Waals surface area contributed by atoms with Crippen molar-refractivity contribution in [2.24, 2.45) is 13.0 Å². The van der Waals surface area contributed by atoms with Gasteiger partial charge in [-0.15, -0.1) is 0 Å². The number of aromatic nitrogens is 2. The van der Waals surface area contributed by atoms with Crippen molar-refractivity contribution in [1.29, 1.82) is 0 Å². The highest BCUT2D eigenvalue weighted by Gasteiger charge is 2.49. The van der Waals surface area contributed by atoms with E-state index >= 15 is 0 Å². The summed E-state index contributed by atoms with van der Waals surface area (Å²) in [6.45, 7) is 0. The number of fused-ring (bicyclic) bond motifs is 1. The zero-order valence-electron chi connectivity index (χ0n) is 12.7. The van der Waals surface area contributed by atoms with E-state index in [4.69, 9.17) is 0 Å². The van der Waals surface area contributed by atoms with Crippen LogP contribution in [0.5, 0.6) is 0 Å². The Morgan fingerprint density at radius 3 is 2.74 bits per heavy atom. The van der Waals surface area contributed by atoms with Crippen molar-refractivity contribution in [3.63, 3.8) is 0 Å². The number of nitro groups is 1. The fourth-order valence-electron chi connectivity index (χ4n) is 3.86. The molecule has 1 aliphatic carbocycles. The van der Waals surface area contributed by atoms with Crippen LogP contribution in [0.4, 0.5) is 5.69 Å². The van der Waals surface area contributed by atoms with E-state index in [1.54, 1.807) is 0 Å². The molecular weight excluding hydrogens is 304 g/mol. The summed E-state index contributed by atoms with van der Waals surface area (Å²) in [6, 6.07) is -1.10. The molecule has 1 amide bonds. The molecule has 2 aliphatic rings. The summed E-state index contributed by atoms with van der Waals surface area (Å²) in [5.74, 6) is -1.57. The predicted molar refractivity (Wildman–Crippen MR) is 77.8 cm³/mol. The molecule has 1 saturated carbocycles. The third-order valence-electron chi connectivity index (χ3n) is 4.82. The van der Waals surface area contributed by atoms with Crippen LogP contribution in [0.2, 0.25) is 0 Å². The van der Waals surface area contributed by atoms with Crippen LogP contribution in [-0.4, -0.2) is 48.7 Å². The molecule has 3 atom stereocenters. The van der Waals surface area contributed by atoms with Gasteiger partial charge in [-0.25, -0.2) is 4.79 Å². The lowest BCUT2D eigenvalue weighted by Crippen LogP contribution is -2.46. The number of rotatable bonds is 3. The number of hydrogen-bond donors (Lipinski definition) is 1. The summed E-state index contributed by atoms with van der Waals surface area (Å²) in [7, 11) is 1.49. The number of carbonyl (C=O) groups is 2. The van der Waals surface area contributed by atoms with Crippen molar-refractivity contribution in [3.8, 4) is 0 Å². The van der Waals surface area contributed by atoms with Crippen molar-refractivity contribution in [1.82, 2.24) is 14.7 Å². The van der Waals surface area contributed by atoms with Gasteiger partial charge in [-0.2, -0.15) is 5.10 Å². The molecule has 9 nitrogen and oxygen atoms in total. The van der Waals surface area contributed by atoms with Crippen LogP contribution in [-0.2, 0) is 11.8 Å². The van der Waals surface area contributed by atoms with Gasteiger partial charge in [0.05, 0.1) is 4.92 Å². The molecule has 2 fully saturated rings. The lowest BCUT2D eigenvalue weighted by atomic mass is 9.84. The maximum absolute atomic E-state index is 12.8. The van der Waals surface area contributed by atoms with Gasteiger partial charge < -0.3 is 10.0 Å². The topological polar surface area (TPSA) is 119 Å². The molecule has 3 unspecified atom stereocenters. The summed E-state index contributed by atoms with van der Waals surface area (Å²) in [5.41, 5.74) is -0.670. The standard InChI is InChI=1S/C14H18N4O5/c1-16-7-11(18(22)23)12(15-16)13(19)17-9-5-3-2-4-8(9)6-10(17)14(20)21/h7-10H,2-6H2,1H3,(H,20,21). The molecule has 124 valence electrons. The van der Waals surface area contributed by atoms with Crippen molar-refractivity contribution in [2.75, 3.05) is 0 Å². The molecule has 3 rings (SSSR count). The number of nitrogens with zero attached hydrogens (tertiary/aromatic N) is 4. The number of aryl methyl sites for hydroxylation is 1. The highest BCUT2D eigenvalue weighted by atomic mass is 16.6. The Balaban J connectivity index is 1.98. The molecular formula is C14H18N4O5. The van der Waals surface area contributed by atoms with Crippen LogP contribution < -0.4 is 0 Å². The number of amides is 1. The first-order valence-electron chi connectivity index (χ1n) is 7.63. The highest BCUT2D eigenvalue weighted by molar-refractivity contribution is 5.98. The van der Waals surface area contributed by atoms with E-state index < -0.39 is 22.8 Å². The van der Waals surface area contributed by atoms with E-state index in [0.717, 1.165) is 31.9 Å². The normalized spacial score (nSPS) is 26.8. The Hall–Kier alpha value is -2.45. The largest absolute Gasteiger partial charge is 0.480 e. The van der Waals surface area contributed by atoms with Crippen LogP contribution in [0.15, 0.2) is 6.20 Å². The van der Waals surface area contributed by atoms with E-state index in [9.17, 15) is 24.8 Å². The van der Waals surface area contributed by atoms with Crippen LogP contribution in [0.1, 0.15) is 42.6 Å². The van der Waals surface area contributed by atoms with Crippen LogP contribution in [0.25, 0.3) is 0 Å². The Kier molecular flexibility index (Phi) is 3.78. The van der Waals surface area contributed by atoms with Crippen molar-refractivity contribution < 1.29 is 19.6 Å². The first-order chi connectivity index (χ1) is 10.9. The van der Waals surface area contributed by atoms with Crippen molar-refractivity contribution in [2.45, 2.75) is 44.2 Å². The van der Waals surface area contributed by atoms with E-state index in [1.165, 1.54) is 16.6 Å². The SMILES string of the molecule is Cn1cc([N+](=O)[O-])c(C(=O)N2C(C(=O)O)CC3CCCCC32)n1. The van der Waals surface area contributed by atoms with Gasteiger partial charge in [-0.1, -0.05) is 12.8 Å². The molecule has 0 radical (unpaired) electrons.